The van der Waals surface area contributed by atoms with Gasteiger partial charge in [0.1, 0.15) is 29.6 Å². The summed E-state index contributed by atoms with van der Waals surface area (Å²) in [5, 5.41) is 20.1. The molecule has 2 aromatic carbocycles. The van der Waals surface area contributed by atoms with Gasteiger partial charge in [-0.1, -0.05) is 19.1 Å². The lowest BCUT2D eigenvalue weighted by Crippen LogP contribution is -2.26. The first-order valence-corrected chi connectivity index (χ1v) is 11.8. The molecule has 0 amide bonds. The fraction of sp³-hybridized carbons (Fsp3) is 0.321. The number of benzene rings is 2. The number of aromatic hydroxyl groups is 2. The maximum Gasteiger partial charge on any atom is 0.166 e. The fourth-order valence-corrected chi connectivity index (χ4v) is 4.85. The van der Waals surface area contributed by atoms with Crippen molar-refractivity contribution < 1.29 is 19.7 Å². The summed E-state index contributed by atoms with van der Waals surface area (Å²) in [4.78, 5) is 7.12. The van der Waals surface area contributed by atoms with Crippen LogP contribution >= 0.6 is 0 Å². The Balaban J connectivity index is 1.40. The molecule has 0 saturated carbocycles. The van der Waals surface area contributed by atoms with E-state index < -0.39 is 6.10 Å². The Morgan fingerprint density at radius 2 is 1.94 bits per heavy atom. The molecule has 0 spiro atoms. The van der Waals surface area contributed by atoms with Crippen molar-refractivity contribution in [3.63, 3.8) is 0 Å². The van der Waals surface area contributed by atoms with Gasteiger partial charge in [0.05, 0.1) is 11.9 Å². The largest absolute Gasteiger partial charge is 0.508 e. The predicted molar refractivity (Wildman–Crippen MR) is 132 cm³/mol. The summed E-state index contributed by atoms with van der Waals surface area (Å²) in [6, 6.07) is 16.1. The minimum absolute atomic E-state index is 0.179. The van der Waals surface area contributed by atoms with E-state index in [1.165, 1.54) is 6.42 Å². The number of pyridine rings is 1. The number of phenolic OH excluding ortho intramolecular Hbond substituents is 2. The van der Waals surface area contributed by atoms with E-state index in [2.05, 4.69) is 16.8 Å². The van der Waals surface area contributed by atoms with Crippen LogP contribution in [0.5, 0.6) is 23.0 Å². The average molecular weight is 459 g/mol. The number of phenols is 2. The van der Waals surface area contributed by atoms with Crippen molar-refractivity contribution in [2.45, 2.75) is 26.4 Å². The lowest BCUT2D eigenvalue weighted by atomic mass is 9.87. The Kier molecular flexibility index (Phi) is 6.16. The zero-order chi connectivity index (χ0) is 23.7. The molecule has 3 heterocycles. The average Bonchev–Trinajstić information content (AvgIpc) is 3.25. The highest BCUT2D eigenvalue weighted by molar-refractivity contribution is 5.95. The van der Waals surface area contributed by atoms with E-state index >= 15 is 0 Å². The van der Waals surface area contributed by atoms with Crippen LogP contribution < -0.4 is 9.47 Å². The summed E-state index contributed by atoms with van der Waals surface area (Å²) >= 11 is 0. The summed E-state index contributed by atoms with van der Waals surface area (Å²) in [5.41, 5.74) is 4.29. The van der Waals surface area contributed by atoms with E-state index in [0.717, 1.165) is 59.3 Å². The highest BCUT2D eigenvalue weighted by Gasteiger charge is 2.30. The van der Waals surface area contributed by atoms with Crippen molar-refractivity contribution in [2.75, 3.05) is 26.2 Å². The normalized spacial score (nSPS) is 20.2. The molecule has 0 radical (unpaired) electrons. The first-order chi connectivity index (χ1) is 16.5. The van der Waals surface area contributed by atoms with Crippen molar-refractivity contribution in [1.29, 1.82) is 0 Å². The molecule has 0 bridgehead atoms. The molecule has 0 aliphatic carbocycles. The lowest BCUT2D eigenvalue weighted by molar-refractivity contribution is 0.232. The monoisotopic (exact) mass is 458 g/mol. The topological polar surface area (TPSA) is 75.1 Å². The van der Waals surface area contributed by atoms with Crippen molar-refractivity contribution >= 4 is 11.1 Å². The number of hydrogen-bond donors (Lipinski definition) is 2. The Morgan fingerprint density at radius 1 is 1.09 bits per heavy atom. The maximum absolute atomic E-state index is 10.1. The fourth-order valence-electron chi connectivity index (χ4n) is 4.85. The second-order valence-corrected chi connectivity index (χ2v) is 9.23. The van der Waals surface area contributed by atoms with E-state index in [1.54, 1.807) is 36.5 Å². The summed E-state index contributed by atoms with van der Waals surface area (Å²) in [6.45, 7) is 8.14. The standard InChI is InChI=1S/C28H30N2O4/c1-18-10-11-30(17-18)12-13-33-23-7-8-25(29-16-23)28-27(20-4-3-5-21(31)14-20)19(2)24-15-22(32)6-9-26(24)34-28/h3-9,14-16,18,28,31-32H,10-13,17H2,1-2H3/t18-,28?/m1/s1. The number of likely N-dealkylation sites (tertiary alicyclic amines) is 1. The summed E-state index contributed by atoms with van der Waals surface area (Å²) in [7, 11) is 0. The molecule has 2 N–H and O–H groups in total. The number of ether oxygens (including phenoxy) is 2. The van der Waals surface area contributed by atoms with Crippen molar-refractivity contribution in [3.05, 3.63) is 77.6 Å². The molecule has 5 rings (SSSR count). The summed E-state index contributed by atoms with van der Waals surface area (Å²) in [5.74, 6) is 2.55. The van der Waals surface area contributed by atoms with Crippen LogP contribution in [-0.4, -0.2) is 46.3 Å². The molecule has 1 saturated heterocycles. The van der Waals surface area contributed by atoms with E-state index in [1.807, 2.05) is 31.2 Å². The van der Waals surface area contributed by atoms with Gasteiger partial charge < -0.3 is 19.7 Å². The number of aromatic nitrogens is 1. The van der Waals surface area contributed by atoms with Crippen LogP contribution in [-0.2, 0) is 0 Å². The highest BCUT2D eigenvalue weighted by Crippen LogP contribution is 2.47. The van der Waals surface area contributed by atoms with Gasteiger partial charge in [0.2, 0.25) is 0 Å². The minimum atomic E-state index is -0.459. The van der Waals surface area contributed by atoms with Crippen LogP contribution in [0.15, 0.2) is 60.8 Å². The van der Waals surface area contributed by atoms with Crippen LogP contribution in [0, 0.1) is 5.92 Å². The molecule has 2 aliphatic heterocycles. The van der Waals surface area contributed by atoms with E-state index in [9.17, 15) is 10.2 Å². The van der Waals surface area contributed by atoms with Gasteiger partial charge in [0.25, 0.3) is 0 Å². The number of hydrogen-bond acceptors (Lipinski definition) is 6. The van der Waals surface area contributed by atoms with Gasteiger partial charge in [0.15, 0.2) is 6.10 Å². The molecule has 34 heavy (non-hydrogen) atoms. The van der Waals surface area contributed by atoms with E-state index in [0.29, 0.717) is 12.4 Å². The predicted octanol–water partition coefficient (Wildman–Crippen LogP) is 5.28. The SMILES string of the molecule is CC1=C(c2cccc(O)c2)C(c2ccc(OCCN3CC[C@@H](C)C3)cn2)Oc2ccc(O)cc21. The molecule has 3 aromatic rings. The maximum atomic E-state index is 10.1. The van der Waals surface area contributed by atoms with Gasteiger partial charge in [-0.25, -0.2) is 0 Å². The van der Waals surface area contributed by atoms with Gasteiger partial charge in [-0.15, -0.1) is 0 Å². The molecule has 1 aromatic heterocycles. The van der Waals surface area contributed by atoms with Crippen molar-refractivity contribution in [1.82, 2.24) is 9.88 Å². The molecule has 6 nitrogen and oxygen atoms in total. The number of fused-ring (bicyclic) bond motifs is 1. The molecule has 1 fully saturated rings. The molecule has 2 atom stereocenters. The van der Waals surface area contributed by atoms with Crippen LogP contribution in [0.1, 0.15) is 43.2 Å². The molecular formula is C28H30N2O4. The third-order valence-corrected chi connectivity index (χ3v) is 6.65. The highest BCUT2D eigenvalue weighted by atomic mass is 16.5. The first kappa shape index (κ1) is 22.3. The lowest BCUT2D eigenvalue weighted by Gasteiger charge is -2.30. The molecule has 6 heteroatoms. The third-order valence-electron chi connectivity index (χ3n) is 6.65. The van der Waals surface area contributed by atoms with Gasteiger partial charge in [-0.3, -0.25) is 9.88 Å². The Labute approximate surface area is 200 Å². The van der Waals surface area contributed by atoms with Crippen molar-refractivity contribution in [3.8, 4) is 23.0 Å². The molecular weight excluding hydrogens is 428 g/mol. The zero-order valence-electron chi connectivity index (χ0n) is 19.6. The Bertz CT molecular complexity index is 1210. The van der Waals surface area contributed by atoms with Gasteiger partial charge in [0, 0.05) is 24.2 Å². The second-order valence-electron chi connectivity index (χ2n) is 9.23. The van der Waals surface area contributed by atoms with E-state index in [4.69, 9.17) is 9.47 Å². The third kappa shape index (κ3) is 4.59. The summed E-state index contributed by atoms with van der Waals surface area (Å²) in [6.07, 6.45) is 2.54. The molecule has 1 unspecified atom stereocenters. The quantitative estimate of drug-likeness (QED) is 0.524. The second kappa shape index (κ2) is 9.39. The first-order valence-electron chi connectivity index (χ1n) is 11.8. The van der Waals surface area contributed by atoms with E-state index in [-0.39, 0.29) is 11.5 Å². The Morgan fingerprint density at radius 3 is 2.68 bits per heavy atom. The smallest absolute Gasteiger partial charge is 0.166 e. The van der Waals surface area contributed by atoms with Crippen LogP contribution in [0.2, 0.25) is 0 Å². The number of allylic oxidation sites excluding steroid dienone is 1. The van der Waals surface area contributed by atoms with Gasteiger partial charge in [-0.05, 0) is 79.4 Å². The Hall–Kier alpha value is -3.51. The number of nitrogens with zero attached hydrogens (tertiary/aromatic N) is 2. The zero-order valence-corrected chi connectivity index (χ0v) is 19.6. The van der Waals surface area contributed by atoms with Gasteiger partial charge >= 0.3 is 0 Å². The molecule has 2 aliphatic rings. The van der Waals surface area contributed by atoms with Crippen molar-refractivity contribution in [2.24, 2.45) is 5.92 Å². The number of rotatable bonds is 6. The summed E-state index contributed by atoms with van der Waals surface area (Å²) < 4.78 is 12.3. The molecule has 176 valence electrons. The van der Waals surface area contributed by atoms with Crippen LogP contribution in [0.3, 0.4) is 0 Å². The van der Waals surface area contributed by atoms with Crippen LogP contribution in [0.25, 0.3) is 11.1 Å². The minimum Gasteiger partial charge on any atom is -0.508 e. The van der Waals surface area contributed by atoms with Crippen LogP contribution in [0.4, 0.5) is 0 Å². The van der Waals surface area contributed by atoms with Gasteiger partial charge in [-0.2, -0.15) is 0 Å².